The zero-order chi connectivity index (χ0) is 26.7. The Morgan fingerprint density at radius 1 is 0.250 bits per heavy atom. The Morgan fingerprint density at radius 2 is 0.625 bits per heavy atom. The fourth-order valence-electron chi connectivity index (χ4n) is 5.39. The molecule has 0 unspecified atom stereocenters. The van der Waals surface area contributed by atoms with Gasteiger partial charge < -0.3 is 0 Å². The minimum absolute atomic E-state index is 1.20. The van der Waals surface area contributed by atoms with E-state index in [0.717, 1.165) is 0 Å². The first-order chi connectivity index (χ1) is 19.8. The zero-order valence-electron chi connectivity index (χ0n) is 22.2. The van der Waals surface area contributed by atoms with E-state index in [9.17, 15) is 0 Å². The van der Waals surface area contributed by atoms with Crippen LogP contribution < -0.4 is 0 Å². The van der Waals surface area contributed by atoms with E-state index in [1.807, 2.05) is 0 Å². The maximum absolute atomic E-state index is 2.29. The van der Waals surface area contributed by atoms with E-state index >= 15 is 0 Å². The minimum Gasteiger partial charge on any atom is -0.0622 e. The molecule has 7 aromatic rings. The quantitative estimate of drug-likeness (QED) is 0.203. The van der Waals surface area contributed by atoms with Crippen LogP contribution in [0.2, 0.25) is 0 Å². The molecule has 0 heteroatoms. The molecular formula is C40H28. The highest BCUT2D eigenvalue weighted by molar-refractivity contribution is 5.91. The highest BCUT2D eigenvalue weighted by atomic mass is 14.1. The van der Waals surface area contributed by atoms with Gasteiger partial charge in [0.1, 0.15) is 0 Å². The lowest BCUT2D eigenvalue weighted by Gasteiger charge is -2.08. The molecule has 188 valence electrons. The molecule has 0 bridgehead atoms. The Labute approximate surface area is 235 Å². The first-order valence-electron chi connectivity index (χ1n) is 13.8. The average molecular weight is 509 g/mol. The minimum atomic E-state index is 1.20. The summed E-state index contributed by atoms with van der Waals surface area (Å²) in [6.07, 6.45) is 4.39. The highest BCUT2D eigenvalue weighted by Crippen LogP contribution is 2.30. The summed E-state index contributed by atoms with van der Waals surface area (Å²) in [5.41, 5.74) is 9.82. The standard InChI is InChI=1S/C40H28/c1-2-6-31(7-3-1)33-16-18-34(19-17-33)35-20-22-36(23-21-35)39-25-24-38-27-30(13-15-40(38)28-39)11-10-29-12-14-32-8-4-5-9-37(32)26-29/h1-28H/b11-10+. The molecule has 7 rings (SSSR count). The summed E-state index contributed by atoms with van der Waals surface area (Å²) in [5, 5.41) is 5.04. The molecule has 7 aromatic carbocycles. The summed E-state index contributed by atoms with van der Waals surface area (Å²) in [6.45, 7) is 0. The summed E-state index contributed by atoms with van der Waals surface area (Å²) >= 11 is 0. The van der Waals surface area contributed by atoms with Gasteiger partial charge in [-0.05, 0) is 84.3 Å². The largest absolute Gasteiger partial charge is 0.0622 e. The molecule has 0 atom stereocenters. The van der Waals surface area contributed by atoms with Crippen LogP contribution in [0.15, 0.2) is 158 Å². The van der Waals surface area contributed by atoms with Gasteiger partial charge in [-0.2, -0.15) is 0 Å². The van der Waals surface area contributed by atoms with Gasteiger partial charge in [0.05, 0.1) is 0 Å². The molecule has 0 aliphatic heterocycles. The maximum atomic E-state index is 2.29. The molecular weight excluding hydrogens is 480 g/mol. The summed E-state index contributed by atoms with van der Waals surface area (Å²) in [5.74, 6) is 0. The maximum Gasteiger partial charge on any atom is -0.0177 e. The SMILES string of the molecule is C(=C\c1ccc2cc(-c3ccc(-c4ccc(-c5ccccc5)cc4)cc3)ccc2c1)/c1ccc2ccccc2c1. The van der Waals surface area contributed by atoms with Crippen molar-refractivity contribution in [3.05, 3.63) is 169 Å². The van der Waals surface area contributed by atoms with Gasteiger partial charge in [0, 0.05) is 0 Å². The molecule has 40 heavy (non-hydrogen) atoms. The van der Waals surface area contributed by atoms with Crippen molar-refractivity contribution in [2.24, 2.45) is 0 Å². The fraction of sp³-hybridized carbons (Fsp3) is 0. The monoisotopic (exact) mass is 508 g/mol. The molecule has 0 N–H and O–H groups in total. The van der Waals surface area contributed by atoms with E-state index in [1.54, 1.807) is 0 Å². The second kappa shape index (κ2) is 10.5. The van der Waals surface area contributed by atoms with Crippen molar-refractivity contribution in [1.82, 2.24) is 0 Å². The molecule has 0 aromatic heterocycles. The van der Waals surface area contributed by atoms with Gasteiger partial charge in [-0.15, -0.1) is 0 Å². The van der Waals surface area contributed by atoms with Crippen LogP contribution in [0.25, 0.3) is 67.1 Å². The first kappa shape index (κ1) is 23.9. The van der Waals surface area contributed by atoms with Crippen LogP contribution in [0.4, 0.5) is 0 Å². The summed E-state index contributed by atoms with van der Waals surface area (Å²) in [7, 11) is 0. The fourth-order valence-corrected chi connectivity index (χ4v) is 5.39. The van der Waals surface area contributed by atoms with Crippen molar-refractivity contribution in [1.29, 1.82) is 0 Å². The van der Waals surface area contributed by atoms with Crippen LogP contribution in [0.1, 0.15) is 11.1 Å². The van der Waals surface area contributed by atoms with Crippen molar-refractivity contribution < 1.29 is 0 Å². The number of hydrogen-bond acceptors (Lipinski definition) is 0. The predicted octanol–water partition coefficient (Wildman–Crippen LogP) is 11.2. The molecule has 0 heterocycles. The van der Waals surface area contributed by atoms with Gasteiger partial charge in [0.15, 0.2) is 0 Å². The van der Waals surface area contributed by atoms with Crippen molar-refractivity contribution >= 4 is 33.7 Å². The summed E-state index contributed by atoms with van der Waals surface area (Å²) in [4.78, 5) is 0. The van der Waals surface area contributed by atoms with Gasteiger partial charge in [-0.3, -0.25) is 0 Å². The third kappa shape index (κ3) is 4.96. The van der Waals surface area contributed by atoms with Crippen LogP contribution in [0.5, 0.6) is 0 Å². The lowest BCUT2D eigenvalue weighted by atomic mass is 9.96. The molecule has 0 saturated carbocycles. The second-order valence-electron chi connectivity index (χ2n) is 10.3. The van der Waals surface area contributed by atoms with E-state index in [1.165, 1.54) is 66.1 Å². The highest BCUT2D eigenvalue weighted by Gasteiger charge is 2.04. The Kier molecular flexibility index (Phi) is 6.28. The molecule has 0 spiro atoms. The van der Waals surface area contributed by atoms with Gasteiger partial charge in [0.25, 0.3) is 0 Å². The van der Waals surface area contributed by atoms with E-state index in [2.05, 4.69) is 170 Å². The van der Waals surface area contributed by atoms with Crippen molar-refractivity contribution in [2.75, 3.05) is 0 Å². The van der Waals surface area contributed by atoms with Gasteiger partial charge in [-0.25, -0.2) is 0 Å². The smallest absolute Gasteiger partial charge is 0.0177 e. The molecule has 0 fully saturated rings. The number of fused-ring (bicyclic) bond motifs is 2. The Balaban J connectivity index is 1.09. The predicted molar refractivity (Wildman–Crippen MR) is 173 cm³/mol. The number of hydrogen-bond donors (Lipinski definition) is 0. The van der Waals surface area contributed by atoms with E-state index in [0.29, 0.717) is 0 Å². The van der Waals surface area contributed by atoms with Gasteiger partial charge >= 0.3 is 0 Å². The van der Waals surface area contributed by atoms with Gasteiger partial charge in [-0.1, -0.05) is 152 Å². The van der Waals surface area contributed by atoms with Crippen LogP contribution in [-0.2, 0) is 0 Å². The van der Waals surface area contributed by atoms with Crippen LogP contribution >= 0.6 is 0 Å². The van der Waals surface area contributed by atoms with Crippen molar-refractivity contribution in [3.63, 3.8) is 0 Å². The average Bonchev–Trinajstić information content (AvgIpc) is 3.04. The van der Waals surface area contributed by atoms with E-state index in [4.69, 9.17) is 0 Å². The Morgan fingerprint density at radius 3 is 1.23 bits per heavy atom. The number of benzene rings is 7. The molecule has 0 aliphatic carbocycles. The molecule has 0 amide bonds. The Bertz CT molecular complexity index is 1960. The van der Waals surface area contributed by atoms with Crippen molar-refractivity contribution in [3.8, 4) is 33.4 Å². The van der Waals surface area contributed by atoms with Crippen LogP contribution in [-0.4, -0.2) is 0 Å². The topological polar surface area (TPSA) is 0 Å². The normalized spacial score (nSPS) is 11.4. The van der Waals surface area contributed by atoms with Crippen molar-refractivity contribution in [2.45, 2.75) is 0 Å². The van der Waals surface area contributed by atoms with E-state index < -0.39 is 0 Å². The second-order valence-corrected chi connectivity index (χ2v) is 10.3. The molecule has 0 radical (unpaired) electrons. The lowest BCUT2D eigenvalue weighted by molar-refractivity contribution is 1.58. The first-order valence-corrected chi connectivity index (χ1v) is 13.8. The third-order valence-electron chi connectivity index (χ3n) is 7.65. The molecule has 0 nitrogen and oxygen atoms in total. The molecule has 0 saturated heterocycles. The zero-order valence-corrected chi connectivity index (χ0v) is 22.2. The van der Waals surface area contributed by atoms with Gasteiger partial charge in [0.2, 0.25) is 0 Å². The van der Waals surface area contributed by atoms with E-state index in [-0.39, 0.29) is 0 Å². The lowest BCUT2D eigenvalue weighted by Crippen LogP contribution is -1.83. The van der Waals surface area contributed by atoms with Crippen LogP contribution in [0, 0.1) is 0 Å². The Hall–Kier alpha value is -5.20. The third-order valence-corrected chi connectivity index (χ3v) is 7.65. The number of rotatable bonds is 5. The van der Waals surface area contributed by atoms with Crippen LogP contribution in [0.3, 0.4) is 0 Å². The summed E-state index contributed by atoms with van der Waals surface area (Å²) < 4.78 is 0. The molecule has 0 aliphatic rings. The summed E-state index contributed by atoms with van der Waals surface area (Å²) in [6, 6.07) is 56.7.